The number of nitrogens with two attached hydrogens (primary N) is 2. The largest absolute Gasteiger partial charge is 0.390 e. The maximum atomic E-state index is 5.59. The topological polar surface area (TPSA) is 52.0 Å². The molecule has 0 unspecified atom stereocenters. The summed E-state index contributed by atoms with van der Waals surface area (Å²) in [5.41, 5.74) is 11.8. The molecule has 0 aliphatic carbocycles. The standard InChI is InChI=1S/C6H8N2S2/c1-3-2-4(5(7)9)6(8)10-3/h2H,8H2,1H3,(H2,7,9). The zero-order valence-corrected chi connectivity index (χ0v) is 7.18. The van der Waals surface area contributed by atoms with Gasteiger partial charge in [-0.3, -0.25) is 0 Å². The summed E-state index contributed by atoms with van der Waals surface area (Å²) in [6.07, 6.45) is 0. The summed E-state index contributed by atoms with van der Waals surface area (Å²) < 4.78 is 0. The minimum atomic E-state index is 0.377. The van der Waals surface area contributed by atoms with Gasteiger partial charge in [-0.25, -0.2) is 0 Å². The molecular weight excluding hydrogens is 164 g/mol. The minimum Gasteiger partial charge on any atom is -0.390 e. The number of aryl methyl sites for hydroxylation is 1. The Bertz CT molecular complexity index is 265. The van der Waals surface area contributed by atoms with Gasteiger partial charge in [0.05, 0.1) is 5.00 Å². The van der Waals surface area contributed by atoms with Crippen LogP contribution in [0.3, 0.4) is 0 Å². The van der Waals surface area contributed by atoms with Crippen LogP contribution < -0.4 is 11.5 Å². The lowest BCUT2D eigenvalue weighted by Crippen LogP contribution is -2.09. The Hall–Kier alpha value is -0.610. The second-order valence-corrected chi connectivity index (χ2v) is 3.73. The predicted octanol–water partition coefficient (Wildman–Crippen LogP) is 1.27. The summed E-state index contributed by atoms with van der Waals surface area (Å²) in [6.45, 7) is 1.98. The number of hydrogen-bond donors (Lipinski definition) is 2. The van der Waals surface area contributed by atoms with E-state index in [9.17, 15) is 0 Å². The van der Waals surface area contributed by atoms with Crippen LogP contribution in [0.4, 0.5) is 5.00 Å². The molecule has 2 nitrogen and oxygen atoms in total. The molecule has 0 aromatic carbocycles. The number of hydrogen-bond acceptors (Lipinski definition) is 3. The molecule has 0 fully saturated rings. The molecule has 54 valence electrons. The summed E-state index contributed by atoms with van der Waals surface area (Å²) in [5.74, 6) is 0. The molecule has 0 spiro atoms. The fraction of sp³-hybridized carbons (Fsp3) is 0.167. The normalized spacial score (nSPS) is 9.70. The van der Waals surface area contributed by atoms with Crippen LogP contribution >= 0.6 is 23.6 Å². The van der Waals surface area contributed by atoms with Crippen molar-refractivity contribution in [2.45, 2.75) is 6.92 Å². The van der Waals surface area contributed by atoms with Crippen LogP contribution in [-0.2, 0) is 0 Å². The Labute approximate surface area is 68.8 Å². The first-order valence-electron chi connectivity index (χ1n) is 2.77. The minimum absolute atomic E-state index is 0.377. The molecular formula is C6H8N2S2. The lowest BCUT2D eigenvalue weighted by molar-refractivity contribution is 1.61. The van der Waals surface area contributed by atoms with E-state index in [1.165, 1.54) is 11.3 Å². The van der Waals surface area contributed by atoms with E-state index in [4.69, 9.17) is 23.7 Å². The second-order valence-electron chi connectivity index (χ2n) is 2.00. The molecule has 1 aromatic heterocycles. The van der Waals surface area contributed by atoms with Crippen molar-refractivity contribution >= 4 is 33.5 Å². The first kappa shape index (κ1) is 7.50. The molecule has 1 aromatic rings. The zero-order chi connectivity index (χ0) is 7.72. The van der Waals surface area contributed by atoms with Gasteiger partial charge in [-0.2, -0.15) is 0 Å². The van der Waals surface area contributed by atoms with Crippen LogP contribution in [0.1, 0.15) is 10.4 Å². The zero-order valence-electron chi connectivity index (χ0n) is 5.55. The molecule has 10 heavy (non-hydrogen) atoms. The van der Waals surface area contributed by atoms with E-state index in [2.05, 4.69) is 0 Å². The SMILES string of the molecule is Cc1cc(C(N)=S)c(N)s1. The highest BCUT2D eigenvalue weighted by atomic mass is 32.1. The molecule has 0 amide bonds. The maximum absolute atomic E-state index is 5.59. The molecule has 1 rings (SSSR count). The van der Waals surface area contributed by atoms with Crippen LogP contribution in [0.25, 0.3) is 0 Å². The number of thiophene rings is 1. The van der Waals surface area contributed by atoms with E-state index in [0.717, 1.165) is 10.4 Å². The summed E-state index contributed by atoms with van der Waals surface area (Å²) in [5, 5.41) is 0.713. The third kappa shape index (κ3) is 1.27. The summed E-state index contributed by atoms with van der Waals surface area (Å²) in [6, 6.07) is 1.91. The third-order valence-corrected chi connectivity index (χ3v) is 2.25. The fourth-order valence-corrected chi connectivity index (χ4v) is 1.76. The Kier molecular flexibility index (Phi) is 1.92. The number of rotatable bonds is 1. The van der Waals surface area contributed by atoms with Crippen molar-refractivity contribution in [3.05, 3.63) is 16.5 Å². The summed E-state index contributed by atoms with van der Waals surface area (Å²) in [7, 11) is 0. The highest BCUT2D eigenvalue weighted by Gasteiger charge is 2.04. The Morgan fingerprint density at radius 1 is 1.70 bits per heavy atom. The van der Waals surface area contributed by atoms with Crippen molar-refractivity contribution in [2.24, 2.45) is 5.73 Å². The van der Waals surface area contributed by atoms with E-state index in [1.807, 2.05) is 13.0 Å². The van der Waals surface area contributed by atoms with Crippen LogP contribution in [0, 0.1) is 6.92 Å². The Morgan fingerprint density at radius 2 is 2.30 bits per heavy atom. The van der Waals surface area contributed by atoms with Crippen molar-refractivity contribution < 1.29 is 0 Å². The van der Waals surface area contributed by atoms with Gasteiger partial charge in [-0.1, -0.05) is 12.2 Å². The quantitative estimate of drug-likeness (QED) is 0.627. The molecule has 0 aliphatic heterocycles. The molecule has 0 atom stereocenters. The average Bonchev–Trinajstić information content (AvgIpc) is 2.10. The smallest absolute Gasteiger partial charge is 0.106 e. The van der Waals surface area contributed by atoms with Gasteiger partial charge in [0, 0.05) is 10.4 Å². The van der Waals surface area contributed by atoms with Gasteiger partial charge >= 0.3 is 0 Å². The van der Waals surface area contributed by atoms with Gasteiger partial charge in [0.15, 0.2) is 0 Å². The van der Waals surface area contributed by atoms with E-state index in [0.29, 0.717) is 9.99 Å². The lowest BCUT2D eigenvalue weighted by Gasteiger charge is -1.91. The third-order valence-electron chi connectivity index (χ3n) is 1.15. The molecule has 0 bridgehead atoms. The van der Waals surface area contributed by atoms with Crippen molar-refractivity contribution in [1.82, 2.24) is 0 Å². The van der Waals surface area contributed by atoms with Gasteiger partial charge in [-0.15, -0.1) is 11.3 Å². The molecule has 4 heteroatoms. The van der Waals surface area contributed by atoms with Gasteiger partial charge in [-0.05, 0) is 13.0 Å². The molecule has 0 aliphatic rings. The Morgan fingerprint density at radius 3 is 2.50 bits per heavy atom. The van der Waals surface area contributed by atoms with Crippen molar-refractivity contribution in [3.63, 3.8) is 0 Å². The van der Waals surface area contributed by atoms with E-state index < -0.39 is 0 Å². The van der Waals surface area contributed by atoms with E-state index in [-0.39, 0.29) is 0 Å². The number of thiocarbonyl (C=S) groups is 1. The second kappa shape index (κ2) is 2.56. The first-order chi connectivity index (χ1) is 4.61. The van der Waals surface area contributed by atoms with E-state index >= 15 is 0 Å². The number of anilines is 1. The Balaban J connectivity index is 3.15. The molecule has 4 N–H and O–H groups in total. The number of nitrogen functional groups attached to an aromatic ring is 1. The van der Waals surface area contributed by atoms with Crippen molar-refractivity contribution in [3.8, 4) is 0 Å². The van der Waals surface area contributed by atoms with Crippen LogP contribution in [-0.4, -0.2) is 4.99 Å². The van der Waals surface area contributed by atoms with Gasteiger partial charge in [0.1, 0.15) is 4.99 Å². The summed E-state index contributed by atoms with van der Waals surface area (Å²) in [4.78, 5) is 1.52. The van der Waals surface area contributed by atoms with Crippen molar-refractivity contribution in [2.75, 3.05) is 5.73 Å². The molecule has 1 heterocycles. The van der Waals surface area contributed by atoms with Gasteiger partial charge in [0.2, 0.25) is 0 Å². The van der Waals surface area contributed by atoms with E-state index in [1.54, 1.807) is 0 Å². The van der Waals surface area contributed by atoms with Crippen molar-refractivity contribution in [1.29, 1.82) is 0 Å². The highest BCUT2D eigenvalue weighted by molar-refractivity contribution is 7.80. The predicted molar refractivity (Wildman–Crippen MR) is 49.4 cm³/mol. The lowest BCUT2D eigenvalue weighted by atomic mass is 10.3. The monoisotopic (exact) mass is 172 g/mol. The first-order valence-corrected chi connectivity index (χ1v) is 3.99. The maximum Gasteiger partial charge on any atom is 0.106 e. The highest BCUT2D eigenvalue weighted by Crippen LogP contribution is 2.23. The summed E-state index contributed by atoms with van der Waals surface area (Å²) >= 11 is 6.28. The fourth-order valence-electron chi connectivity index (χ4n) is 0.725. The van der Waals surface area contributed by atoms with Crippen LogP contribution in [0.15, 0.2) is 6.07 Å². The van der Waals surface area contributed by atoms with Crippen LogP contribution in [0.2, 0.25) is 0 Å². The van der Waals surface area contributed by atoms with Crippen LogP contribution in [0.5, 0.6) is 0 Å². The molecule has 0 saturated heterocycles. The van der Waals surface area contributed by atoms with Gasteiger partial charge < -0.3 is 11.5 Å². The molecule has 0 saturated carbocycles. The van der Waals surface area contributed by atoms with Gasteiger partial charge in [0.25, 0.3) is 0 Å². The average molecular weight is 172 g/mol. The molecule has 0 radical (unpaired) electrons.